The average Bonchev–Trinajstić information content (AvgIpc) is 3.40. The van der Waals surface area contributed by atoms with Gasteiger partial charge in [-0.05, 0) is 66.1 Å². The lowest BCUT2D eigenvalue weighted by molar-refractivity contribution is -0.129. The van der Waals surface area contributed by atoms with Crippen molar-refractivity contribution in [1.29, 1.82) is 5.26 Å². The lowest BCUT2D eigenvalue weighted by Crippen LogP contribution is -2.33. The number of nitrogens with one attached hydrogen (secondary N) is 3. The Bertz CT molecular complexity index is 1880. The van der Waals surface area contributed by atoms with E-state index < -0.39 is 11.8 Å². The van der Waals surface area contributed by atoms with Crippen molar-refractivity contribution < 1.29 is 19.2 Å². The minimum atomic E-state index is -0.543. The highest BCUT2D eigenvalue weighted by Crippen LogP contribution is 2.37. The summed E-state index contributed by atoms with van der Waals surface area (Å²) in [5.74, 6) is -1.23. The van der Waals surface area contributed by atoms with E-state index in [9.17, 15) is 24.4 Å². The molecule has 0 saturated heterocycles. The summed E-state index contributed by atoms with van der Waals surface area (Å²) in [6.45, 7) is 2.49. The molecule has 0 aliphatic carbocycles. The third kappa shape index (κ3) is 8.22. The van der Waals surface area contributed by atoms with Crippen LogP contribution in [0.4, 0.5) is 10.7 Å². The third-order valence-corrected chi connectivity index (χ3v) is 9.38. The molecule has 232 valence electrons. The normalized spacial score (nSPS) is 12.5. The highest BCUT2D eigenvalue weighted by molar-refractivity contribution is 8.00. The number of amides is 4. The van der Waals surface area contributed by atoms with Crippen LogP contribution in [0.15, 0.2) is 89.5 Å². The second-order valence-electron chi connectivity index (χ2n) is 10.3. The molecule has 9 nitrogen and oxygen atoms in total. The molecule has 4 amide bonds. The van der Waals surface area contributed by atoms with Crippen molar-refractivity contribution >= 4 is 75.1 Å². The second-order valence-corrected chi connectivity index (χ2v) is 12.9. The monoisotopic (exact) mass is 669 g/mol. The second kappa shape index (κ2) is 14.9. The maximum Gasteiger partial charge on any atom is 0.272 e. The molecule has 1 aliphatic rings. The van der Waals surface area contributed by atoms with Gasteiger partial charge in [-0.3, -0.25) is 19.2 Å². The van der Waals surface area contributed by atoms with Crippen LogP contribution in [0, 0.1) is 11.3 Å². The number of thiophene rings is 1. The molecule has 12 heteroatoms. The standard InChI is InChI=1S/C34H28ClN5O4S2/c1-21(41)40-14-13-27-28(18-36)34(46-30(27)19-40)39-31(42)20-45-26-12-6-11-25(17-26)37-33(44)29(16-22-7-5-10-24(35)15-22)38-32(43)23-8-3-2-4-9-23/h2-12,15-17H,13-14,19-20H2,1H3,(H,37,44)(H,38,43)(H,39,42)/b29-16-. The number of nitriles is 1. The summed E-state index contributed by atoms with van der Waals surface area (Å²) in [7, 11) is 0. The summed E-state index contributed by atoms with van der Waals surface area (Å²) in [6.07, 6.45) is 2.12. The van der Waals surface area contributed by atoms with Crippen molar-refractivity contribution in [2.45, 2.75) is 24.8 Å². The largest absolute Gasteiger partial charge is 0.337 e. The van der Waals surface area contributed by atoms with Gasteiger partial charge in [-0.15, -0.1) is 23.1 Å². The van der Waals surface area contributed by atoms with Crippen molar-refractivity contribution in [3.8, 4) is 6.07 Å². The molecule has 3 N–H and O–H groups in total. The average molecular weight is 670 g/mol. The minimum absolute atomic E-state index is 0.0203. The van der Waals surface area contributed by atoms with E-state index in [0.29, 0.717) is 51.9 Å². The van der Waals surface area contributed by atoms with Crippen molar-refractivity contribution in [2.24, 2.45) is 0 Å². The van der Waals surface area contributed by atoms with E-state index in [1.807, 2.05) is 6.07 Å². The van der Waals surface area contributed by atoms with E-state index in [4.69, 9.17) is 11.6 Å². The van der Waals surface area contributed by atoms with Crippen molar-refractivity contribution in [2.75, 3.05) is 22.9 Å². The molecular weight excluding hydrogens is 642 g/mol. The van der Waals surface area contributed by atoms with Gasteiger partial charge < -0.3 is 20.9 Å². The van der Waals surface area contributed by atoms with E-state index in [1.54, 1.807) is 83.8 Å². The van der Waals surface area contributed by atoms with E-state index in [1.165, 1.54) is 30.0 Å². The number of thioether (sulfide) groups is 1. The Morgan fingerprint density at radius 2 is 1.80 bits per heavy atom. The van der Waals surface area contributed by atoms with Gasteiger partial charge in [0.15, 0.2) is 0 Å². The summed E-state index contributed by atoms with van der Waals surface area (Å²) in [5, 5.41) is 19.1. The zero-order chi connectivity index (χ0) is 32.6. The Balaban J connectivity index is 1.25. The molecule has 4 aromatic rings. The molecule has 0 spiro atoms. The van der Waals surface area contributed by atoms with Gasteiger partial charge in [-0.2, -0.15) is 5.26 Å². The van der Waals surface area contributed by atoms with Gasteiger partial charge in [0.2, 0.25) is 11.8 Å². The van der Waals surface area contributed by atoms with Gasteiger partial charge >= 0.3 is 0 Å². The molecule has 2 heterocycles. The summed E-state index contributed by atoms with van der Waals surface area (Å²) in [4.78, 5) is 54.4. The van der Waals surface area contributed by atoms with Gasteiger partial charge in [-0.1, -0.05) is 48.0 Å². The lowest BCUT2D eigenvalue weighted by atomic mass is 10.0. The van der Waals surface area contributed by atoms with Crippen LogP contribution in [0.2, 0.25) is 5.02 Å². The zero-order valence-corrected chi connectivity index (χ0v) is 27.0. The first-order chi connectivity index (χ1) is 22.2. The molecule has 1 aliphatic heterocycles. The van der Waals surface area contributed by atoms with Crippen LogP contribution in [-0.4, -0.2) is 40.8 Å². The Kier molecular flexibility index (Phi) is 10.5. The fourth-order valence-corrected chi connectivity index (χ4v) is 6.94. The van der Waals surface area contributed by atoms with E-state index in [0.717, 1.165) is 15.3 Å². The number of halogens is 1. The zero-order valence-electron chi connectivity index (χ0n) is 24.6. The highest BCUT2D eigenvalue weighted by Gasteiger charge is 2.26. The molecule has 1 aromatic heterocycles. The first-order valence-electron chi connectivity index (χ1n) is 14.2. The molecule has 0 atom stereocenters. The summed E-state index contributed by atoms with van der Waals surface area (Å²) in [6, 6.07) is 24.7. The predicted octanol–water partition coefficient (Wildman–Crippen LogP) is 6.32. The van der Waals surface area contributed by atoms with Crippen LogP contribution < -0.4 is 16.0 Å². The van der Waals surface area contributed by atoms with Crippen LogP contribution in [0.5, 0.6) is 0 Å². The van der Waals surface area contributed by atoms with Crippen LogP contribution in [0.1, 0.15) is 38.8 Å². The number of carbonyl (C=O) groups is 4. The first kappa shape index (κ1) is 32.5. The Labute approximate surface area is 279 Å². The number of benzene rings is 3. The minimum Gasteiger partial charge on any atom is -0.337 e. The van der Waals surface area contributed by atoms with Gasteiger partial charge in [0.05, 0.1) is 17.9 Å². The number of nitrogens with zero attached hydrogens (tertiary/aromatic N) is 2. The maximum absolute atomic E-state index is 13.4. The molecule has 0 radical (unpaired) electrons. The number of fused-ring (bicyclic) bond motifs is 1. The van der Waals surface area contributed by atoms with Crippen molar-refractivity contribution in [3.63, 3.8) is 0 Å². The van der Waals surface area contributed by atoms with Crippen LogP contribution in [-0.2, 0) is 27.3 Å². The van der Waals surface area contributed by atoms with Gasteiger partial charge in [0.25, 0.3) is 11.8 Å². The Morgan fingerprint density at radius 3 is 2.54 bits per heavy atom. The molecule has 0 saturated carbocycles. The molecule has 46 heavy (non-hydrogen) atoms. The molecule has 0 unspecified atom stereocenters. The number of rotatable bonds is 9. The third-order valence-electron chi connectivity index (χ3n) is 7.02. The number of carbonyl (C=O) groups excluding carboxylic acids is 4. The molecule has 3 aromatic carbocycles. The SMILES string of the molecule is CC(=O)N1CCc2c(sc(NC(=O)CSc3cccc(NC(=O)/C(=C/c4cccc(Cl)c4)NC(=O)c4ccccc4)c3)c2C#N)C1. The lowest BCUT2D eigenvalue weighted by Gasteiger charge is -2.25. The Morgan fingerprint density at radius 1 is 1.02 bits per heavy atom. The molecular formula is C34H28ClN5O4S2. The van der Waals surface area contributed by atoms with Crippen molar-refractivity contribution in [1.82, 2.24) is 10.2 Å². The van der Waals surface area contributed by atoms with Crippen LogP contribution >= 0.6 is 34.7 Å². The first-order valence-corrected chi connectivity index (χ1v) is 16.4. The molecule has 5 rings (SSSR count). The topological polar surface area (TPSA) is 131 Å². The Hall–Kier alpha value is -4.89. The van der Waals surface area contributed by atoms with Gasteiger partial charge in [-0.25, -0.2) is 0 Å². The van der Waals surface area contributed by atoms with Gasteiger partial charge in [0.1, 0.15) is 16.8 Å². The number of hydrogen-bond donors (Lipinski definition) is 3. The van der Waals surface area contributed by atoms with Gasteiger partial charge in [0, 0.05) is 39.5 Å². The quantitative estimate of drug-likeness (QED) is 0.141. The molecule has 0 fully saturated rings. The predicted molar refractivity (Wildman–Crippen MR) is 182 cm³/mol. The highest BCUT2D eigenvalue weighted by atomic mass is 35.5. The van der Waals surface area contributed by atoms with E-state index >= 15 is 0 Å². The maximum atomic E-state index is 13.4. The van der Waals surface area contributed by atoms with Crippen LogP contribution in [0.3, 0.4) is 0 Å². The number of hydrogen-bond acceptors (Lipinski definition) is 7. The van der Waals surface area contributed by atoms with E-state index in [-0.39, 0.29) is 23.3 Å². The smallest absolute Gasteiger partial charge is 0.272 e. The molecule has 0 bridgehead atoms. The summed E-state index contributed by atoms with van der Waals surface area (Å²) < 4.78 is 0. The van der Waals surface area contributed by atoms with Crippen molar-refractivity contribution in [3.05, 3.63) is 117 Å². The van der Waals surface area contributed by atoms with E-state index in [2.05, 4.69) is 22.0 Å². The summed E-state index contributed by atoms with van der Waals surface area (Å²) in [5.41, 5.74) is 2.85. The number of anilines is 2. The fraction of sp³-hybridized carbons (Fsp3) is 0.147. The van der Waals surface area contributed by atoms with Crippen LogP contribution in [0.25, 0.3) is 6.08 Å². The summed E-state index contributed by atoms with van der Waals surface area (Å²) >= 11 is 8.73. The fourth-order valence-electron chi connectivity index (χ4n) is 4.76.